The van der Waals surface area contributed by atoms with Crippen LogP contribution in [0.4, 0.5) is 22.7 Å². The highest BCUT2D eigenvalue weighted by Gasteiger charge is 2.61. The number of benzene rings is 6. The molecule has 4 amide bonds. The van der Waals surface area contributed by atoms with Crippen molar-refractivity contribution < 1.29 is 28.9 Å². The largest absolute Gasteiger partial charge is 0.273 e. The molecule has 4 saturated heterocycles. The summed E-state index contributed by atoms with van der Waals surface area (Å²) in [6.45, 7) is 0. The van der Waals surface area contributed by atoms with Gasteiger partial charge in [0.25, 0.3) is 11.8 Å². The van der Waals surface area contributed by atoms with Crippen molar-refractivity contribution >= 4 is 46.4 Å². The van der Waals surface area contributed by atoms with Crippen LogP contribution in [0.15, 0.2) is 170 Å². The fraction of sp³-hybridized carbons (Fsp3) is 0.149. The molecule has 0 radical (unpaired) electrons. The Bertz CT molecular complexity index is 2290. The van der Waals surface area contributed by atoms with E-state index in [4.69, 9.17) is 9.68 Å². The summed E-state index contributed by atoms with van der Waals surface area (Å²) in [6, 6.07) is 52.2. The number of amides is 4. The molecule has 0 unspecified atom stereocenters. The summed E-state index contributed by atoms with van der Waals surface area (Å²) in [5.41, 5.74) is 6.21. The predicted molar refractivity (Wildman–Crippen MR) is 214 cm³/mol. The predicted octanol–water partition coefficient (Wildman–Crippen LogP) is 7.38. The molecule has 10 rings (SSSR count). The Morgan fingerprint density at radius 2 is 0.702 bits per heavy atom. The van der Waals surface area contributed by atoms with Crippen LogP contribution in [0.3, 0.4) is 0 Å². The third kappa shape index (κ3) is 5.80. The van der Waals surface area contributed by atoms with E-state index in [2.05, 4.69) is 0 Å². The summed E-state index contributed by atoms with van der Waals surface area (Å²) in [5, 5.41) is 3.39. The molecule has 0 saturated carbocycles. The number of rotatable bonds is 8. The molecule has 57 heavy (non-hydrogen) atoms. The molecule has 6 atom stereocenters. The Morgan fingerprint density at radius 3 is 1.05 bits per heavy atom. The molecule has 4 fully saturated rings. The van der Waals surface area contributed by atoms with Gasteiger partial charge in [0.15, 0.2) is 12.2 Å². The maximum Gasteiger partial charge on any atom is 0.266 e. The minimum absolute atomic E-state index is 0.302. The van der Waals surface area contributed by atoms with Crippen LogP contribution < -0.4 is 19.9 Å². The van der Waals surface area contributed by atoms with Crippen molar-refractivity contribution in [2.75, 3.05) is 19.9 Å². The number of hydroxylamine groups is 2. The highest BCUT2D eigenvalue weighted by Crippen LogP contribution is 2.49. The van der Waals surface area contributed by atoms with Crippen LogP contribution in [-0.2, 0) is 35.3 Å². The van der Waals surface area contributed by atoms with Crippen molar-refractivity contribution in [1.82, 2.24) is 0 Å². The van der Waals surface area contributed by atoms with E-state index in [0.29, 0.717) is 17.8 Å². The van der Waals surface area contributed by atoms with E-state index < -0.39 is 47.9 Å². The molecule has 280 valence electrons. The zero-order valence-corrected chi connectivity index (χ0v) is 30.6. The fourth-order valence-electron chi connectivity index (χ4n) is 8.68. The van der Waals surface area contributed by atoms with Crippen molar-refractivity contribution in [3.63, 3.8) is 0 Å². The zero-order valence-electron chi connectivity index (χ0n) is 30.6. The van der Waals surface area contributed by atoms with Crippen LogP contribution in [0.1, 0.15) is 34.3 Å². The van der Waals surface area contributed by atoms with Gasteiger partial charge in [-0.25, -0.2) is 19.9 Å². The van der Waals surface area contributed by atoms with Crippen LogP contribution in [0.2, 0.25) is 0 Å². The Morgan fingerprint density at radius 1 is 0.368 bits per heavy atom. The number of para-hydroxylation sites is 2. The minimum Gasteiger partial charge on any atom is -0.273 e. The lowest BCUT2D eigenvalue weighted by Crippen LogP contribution is -2.37. The standard InChI is InChI=1S/C47H36N4O6/c52-44-38-40(32-13-5-1-6-14-32)50(36-17-9-3-10-18-36)56-42(38)46(54)48(44)34-25-21-30(22-26-34)29-31-23-27-35(28-24-31)49-45(53)39-41(33-15-7-2-8-16-33)51(57-43(39)47(49)55)37-19-11-4-12-20-37/h1-28,38-43H,29H2/t38-,39+,40+,41-,42-,43-/m0/s1. The normalized spacial score (nSPS) is 24.1. The number of imide groups is 2. The first kappa shape index (κ1) is 34.6. The summed E-state index contributed by atoms with van der Waals surface area (Å²) in [6.07, 6.45) is -1.35. The number of carbonyl (C=O) groups is 4. The van der Waals surface area contributed by atoms with E-state index in [1.807, 2.05) is 146 Å². The highest BCUT2D eigenvalue weighted by atomic mass is 16.7. The van der Waals surface area contributed by atoms with Crippen LogP contribution in [0.5, 0.6) is 0 Å². The van der Waals surface area contributed by atoms with E-state index in [9.17, 15) is 19.2 Å². The van der Waals surface area contributed by atoms with Gasteiger partial charge in [-0.05, 0) is 77.2 Å². The Balaban J connectivity index is 0.846. The van der Waals surface area contributed by atoms with Gasteiger partial charge in [-0.3, -0.25) is 28.9 Å². The number of fused-ring (bicyclic) bond motifs is 2. The molecule has 4 heterocycles. The molecule has 0 N–H and O–H groups in total. The second-order valence-electron chi connectivity index (χ2n) is 14.7. The summed E-state index contributed by atoms with van der Waals surface area (Å²) in [7, 11) is 0. The molecule has 0 bridgehead atoms. The lowest BCUT2D eigenvalue weighted by molar-refractivity contribution is -0.127. The lowest BCUT2D eigenvalue weighted by Gasteiger charge is -2.28. The SMILES string of the molecule is O=C1[C@@H]2[C@H](ON(c3ccccc3)[C@@H]2c2ccccc2)C(=O)N1c1ccc(Cc2ccc(N3C(=O)[C@H]4[C@H](ON(c5ccccc5)[C@H]4c4ccccc4)C3=O)cc2)cc1. The molecule has 6 aromatic rings. The third-order valence-electron chi connectivity index (χ3n) is 11.3. The first-order chi connectivity index (χ1) is 28.0. The number of carbonyl (C=O) groups excluding carboxylic acids is 4. The van der Waals surface area contributed by atoms with Crippen molar-refractivity contribution in [2.24, 2.45) is 11.8 Å². The van der Waals surface area contributed by atoms with Gasteiger partial charge in [-0.2, -0.15) is 0 Å². The monoisotopic (exact) mass is 752 g/mol. The summed E-state index contributed by atoms with van der Waals surface area (Å²) in [4.78, 5) is 70.9. The van der Waals surface area contributed by atoms with Gasteiger partial charge in [0, 0.05) is 0 Å². The highest BCUT2D eigenvalue weighted by molar-refractivity contribution is 6.24. The molecule has 4 aliphatic heterocycles. The topological polar surface area (TPSA) is 99.7 Å². The minimum atomic E-state index is -0.950. The van der Waals surface area contributed by atoms with Crippen LogP contribution in [0.25, 0.3) is 0 Å². The van der Waals surface area contributed by atoms with Gasteiger partial charge in [-0.1, -0.05) is 121 Å². The number of hydrogen-bond donors (Lipinski definition) is 0. The molecular weight excluding hydrogens is 717 g/mol. The van der Waals surface area contributed by atoms with Crippen molar-refractivity contribution in [3.05, 3.63) is 192 Å². The number of nitrogens with zero attached hydrogens (tertiary/aromatic N) is 4. The molecule has 4 aliphatic rings. The van der Waals surface area contributed by atoms with Gasteiger partial charge in [-0.15, -0.1) is 0 Å². The van der Waals surface area contributed by atoms with Gasteiger partial charge in [0.05, 0.1) is 34.8 Å². The van der Waals surface area contributed by atoms with Gasteiger partial charge < -0.3 is 0 Å². The van der Waals surface area contributed by atoms with E-state index in [1.54, 1.807) is 34.4 Å². The van der Waals surface area contributed by atoms with Gasteiger partial charge >= 0.3 is 0 Å². The summed E-state index contributed by atoms with van der Waals surface area (Å²) >= 11 is 0. The second kappa shape index (κ2) is 14.0. The average molecular weight is 753 g/mol. The van der Waals surface area contributed by atoms with Gasteiger partial charge in [0.1, 0.15) is 11.8 Å². The van der Waals surface area contributed by atoms with Crippen molar-refractivity contribution in [3.8, 4) is 0 Å². The first-order valence-electron chi connectivity index (χ1n) is 19.0. The Hall–Kier alpha value is -6.88. The fourth-order valence-corrected chi connectivity index (χ4v) is 8.68. The third-order valence-corrected chi connectivity index (χ3v) is 11.3. The molecule has 0 aromatic heterocycles. The number of anilines is 4. The quantitative estimate of drug-likeness (QED) is 0.149. The molecule has 0 spiro atoms. The zero-order chi connectivity index (χ0) is 38.6. The smallest absolute Gasteiger partial charge is 0.266 e. The van der Waals surface area contributed by atoms with E-state index >= 15 is 0 Å². The van der Waals surface area contributed by atoms with E-state index in [0.717, 1.165) is 33.6 Å². The average Bonchev–Trinajstić information content (AvgIpc) is 3.98. The second-order valence-corrected chi connectivity index (χ2v) is 14.7. The summed E-state index contributed by atoms with van der Waals surface area (Å²) in [5.74, 6) is -2.82. The first-order valence-corrected chi connectivity index (χ1v) is 19.0. The Kier molecular flexibility index (Phi) is 8.50. The van der Waals surface area contributed by atoms with E-state index in [1.165, 1.54) is 9.80 Å². The van der Waals surface area contributed by atoms with Crippen LogP contribution in [-0.4, -0.2) is 35.8 Å². The molecule has 10 heteroatoms. The molecule has 0 aliphatic carbocycles. The molecular formula is C47H36N4O6. The molecule has 10 nitrogen and oxygen atoms in total. The van der Waals surface area contributed by atoms with Crippen molar-refractivity contribution in [1.29, 1.82) is 0 Å². The summed E-state index contributed by atoms with van der Waals surface area (Å²) < 4.78 is 0. The molecule has 6 aromatic carbocycles. The maximum atomic E-state index is 14.1. The van der Waals surface area contributed by atoms with Gasteiger partial charge in [0.2, 0.25) is 11.8 Å². The van der Waals surface area contributed by atoms with Crippen molar-refractivity contribution in [2.45, 2.75) is 30.7 Å². The maximum absolute atomic E-state index is 14.1. The van der Waals surface area contributed by atoms with Crippen LogP contribution in [0, 0.1) is 11.8 Å². The number of hydrogen-bond acceptors (Lipinski definition) is 8. The Labute approximate surface area is 329 Å². The lowest BCUT2D eigenvalue weighted by atomic mass is 9.90. The van der Waals surface area contributed by atoms with Crippen LogP contribution >= 0.6 is 0 Å². The van der Waals surface area contributed by atoms with E-state index in [-0.39, 0.29) is 11.8 Å².